The summed E-state index contributed by atoms with van der Waals surface area (Å²) in [5.74, 6) is -101. The highest BCUT2D eigenvalue weighted by Gasteiger charge is 2.99. The van der Waals surface area contributed by atoms with Gasteiger partial charge >= 0.3 is 71.6 Å². The molecule has 0 aliphatic carbocycles. The van der Waals surface area contributed by atoms with Gasteiger partial charge < -0.3 is 0 Å². The van der Waals surface area contributed by atoms with Crippen LogP contribution in [0.25, 0.3) is 0 Å². The second-order valence-corrected chi connectivity index (χ2v) is 7.45. The lowest BCUT2D eigenvalue weighted by atomic mass is 9.82. The molecule has 0 heterocycles. The first-order valence-corrected chi connectivity index (χ1v) is 8.39. The van der Waals surface area contributed by atoms with Crippen molar-refractivity contribution in [2.24, 2.45) is 5.73 Å². The number of alkyl halides is 27. The molecule has 0 saturated heterocycles. The van der Waals surface area contributed by atoms with Crippen molar-refractivity contribution in [3.63, 3.8) is 0 Å². The Bertz CT molecular complexity index is 885. The molecule has 0 amide bonds. The van der Waals surface area contributed by atoms with Crippen molar-refractivity contribution in [2.45, 2.75) is 77.4 Å². The molecule has 1 atom stereocenters. The Balaban J connectivity index is 7.41. The Hall–Kier alpha value is -1.93. The summed E-state index contributed by atoms with van der Waals surface area (Å²) in [6.45, 7) is 0. The van der Waals surface area contributed by atoms with E-state index in [1.54, 1.807) is 0 Å². The standard InChI is InChI=1S/C13H2F27N/c14-1(15,2(16,17)5(22,23)9(30,31)12(35,36)37)3(18,19)7(26,27)11(34,41)8(28,29)4(20,21)6(24,25)10(32,33)13(38,39)40/h41H2. The fraction of sp³-hybridized carbons (Fsp3) is 1.00. The van der Waals surface area contributed by atoms with Gasteiger partial charge in [-0.15, -0.1) is 0 Å². The predicted molar refractivity (Wildman–Crippen MR) is 69.6 cm³/mol. The van der Waals surface area contributed by atoms with Crippen LogP contribution >= 0.6 is 0 Å². The maximum absolute atomic E-state index is 13.9. The zero-order valence-electron chi connectivity index (χ0n) is 17.3. The fourth-order valence-electron chi connectivity index (χ4n) is 2.19. The number of rotatable bonds is 10. The van der Waals surface area contributed by atoms with Gasteiger partial charge in [0.05, 0.1) is 0 Å². The minimum absolute atomic E-state index is 2.82. The lowest BCUT2D eigenvalue weighted by Crippen LogP contribution is -2.82. The third-order valence-electron chi connectivity index (χ3n) is 4.78. The van der Waals surface area contributed by atoms with E-state index in [0.29, 0.717) is 0 Å². The summed E-state index contributed by atoms with van der Waals surface area (Å²) in [6.07, 6.45) is -16.4. The van der Waals surface area contributed by atoms with E-state index >= 15 is 0 Å². The van der Waals surface area contributed by atoms with E-state index < -0.39 is 77.4 Å². The van der Waals surface area contributed by atoms with Crippen LogP contribution < -0.4 is 5.73 Å². The monoisotopic (exact) mass is 685 g/mol. The summed E-state index contributed by atoms with van der Waals surface area (Å²) in [7, 11) is 0. The van der Waals surface area contributed by atoms with Crippen LogP contribution in [0.2, 0.25) is 0 Å². The van der Waals surface area contributed by atoms with E-state index in [4.69, 9.17) is 0 Å². The molecule has 0 aliphatic heterocycles. The van der Waals surface area contributed by atoms with Gasteiger partial charge in [-0.1, -0.05) is 0 Å². The Labute approximate surface area is 203 Å². The molecule has 0 aromatic carbocycles. The average Bonchev–Trinajstić information content (AvgIpc) is 2.70. The first kappa shape index (κ1) is 39.1. The Morgan fingerprint density at radius 1 is 0.195 bits per heavy atom. The van der Waals surface area contributed by atoms with Crippen molar-refractivity contribution in [3.05, 3.63) is 0 Å². The lowest BCUT2D eigenvalue weighted by molar-refractivity contribution is -0.474. The third-order valence-corrected chi connectivity index (χ3v) is 4.78. The van der Waals surface area contributed by atoms with Crippen molar-refractivity contribution < 1.29 is 119 Å². The van der Waals surface area contributed by atoms with Gasteiger partial charge in [0.2, 0.25) is 0 Å². The first-order valence-electron chi connectivity index (χ1n) is 8.39. The molecular weight excluding hydrogens is 683 g/mol. The molecule has 0 aromatic heterocycles. The summed E-state index contributed by atoms with van der Waals surface area (Å²) in [5, 5.41) is 0. The fourth-order valence-corrected chi connectivity index (χ4v) is 2.19. The number of nitrogens with two attached hydrogens (primary N) is 1. The minimum atomic E-state index is -9.54. The van der Waals surface area contributed by atoms with Gasteiger partial charge in [-0.05, 0) is 0 Å². The molecule has 1 nitrogen and oxygen atoms in total. The van der Waals surface area contributed by atoms with Gasteiger partial charge in [0.15, 0.2) is 0 Å². The van der Waals surface area contributed by atoms with Crippen molar-refractivity contribution in [3.8, 4) is 0 Å². The molecule has 0 radical (unpaired) electrons. The summed E-state index contributed by atoms with van der Waals surface area (Å²) < 4.78 is 350. The van der Waals surface area contributed by atoms with E-state index in [1.807, 2.05) is 0 Å². The SMILES string of the molecule is NC(F)(C(F)(F)C(F)(F)C(F)(F)C(F)(F)C(F)(F)F)C(F)(F)C(F)(F)C(F)(F)C(F)(F)C(F)(F)C(F)(F)C(F)(F)F. The first-order chi connectivity index (χ1) is 17.0. The van der Waals surface area contributed by atoms with Crippen LogP contribution in [0, 0.1) is 0 Å². The highest BCUT2D eigenvalue weighted by atomic mass is 19.4. The van der Waals surface area contributed by atoms with E-state index in [9.17, 15) is 119 Å². The molecule has 1 unspecified atom stereocenters. The van der Waals surface area contributed by atoms with Crippen molar-refractivity contribution in [2.75, 3.05) is 0 Å². The molecule has 28 heteroatoms. The largest absolute Gasteiger partial charge is 0.460 e. The minimum Gasteiger partial charge on any atom is -0.288 e. The predicted octanol–water partition coefficient (Wildman–Crippen LogP) is 8.09. The normalized spacial score (nSPS) is 18.4. The van der Waals surface area contributed by atoms with Gasteiger partial charge in [-0.25, -0.2) is 4.39 Å². The van der Waals surface area contributed by atoms with E-state index in [-0.39, 0.29) is 0 Å². The summed E-state index contributed by atoms with van der Waals surface area (Å²) in [5.41, 5.74) is 2.82. The Morgan fingerprint density at radius 2 is 0.317 bits per heavy atom. The molecule has 41 heavy (non-hydrogen) atoms. The molecule has 0 aromatic rings. The van der Waals surface area contributed by atoms with Crippen molar-refractivity contribution in [1.29, 1.82) is 0 Å². The molecule has 2 N–H and O–H groups in total. The maximum atomic E-state index is 13.9. The maximum Gasteiger partial charge on any atom is 0.460 e. The molecular formula is C13H2F27N. The highest BCUT2D eigenvalue weighted by Crippen LogP contribution is 2.67. The van der Waals surface area contributed by atoms with Crippen LogP contribution in [-0.4, -0.2) is 77.4 Å². The van der Waals surface area contributed by atoms with Crippen LogP contribution in [0.15, 0.2) is 0 Å². The molecule has 248 valence electrons. The zero-order chi connectivity index (χ0) is 34.5. The van der Waals surface area contributed by atoms with Crippen LogP contribution in [-0.2, 0) is 0 Å². The van der Waals surface area contributed by atoms with Gasteiger partial charge in [0.25, 0.3) is 5.79 Å². The second kappa shape index (κ2) is 9.04. The van der Waals surface area contributed by atoms with Gasteiger partial charge in [-0.3, -0.25) is 5.73 Å². The Morgan fingerprint density at radius 3 is 0.463 bits per heavy atom. The average molecular weight is 685 g/mol. The third kappa shape index (κ3) is 4.40. The van der Waals surface area contributed by atoms with Gasteiger partial charge in [0.1, 0.15) is 0 Å². The molecule has 0 saturated carbocycles. The quantitative estimate of drug-likeness (QED) is 0.183. The number of halogens is 27. The van der Waals surface area contributed by atoms with Crippen LogP contribution in [0.1, 0.15) is 0 Å². The van der Waals surface area contributed by atoms with Crippen LogP contribution in [0.3, 0.4) is 0 Å². The molecule has 0 fully saturated rings. The van der Waals surface area contributed by atoms with Gasteiger partial charge in [-0.2, -0.15) is 114 Å². The molecule has 0 bridgehead atoms. The highest BCUT2D eigenvalue weighted by molar-refractivity contribution is 5.21. The van der Waals surface area contributed by atoms with E-state index in [1.165, 1.54) is 0 Å². The molecule has 0 rings (SSSR count). The summed E-state index contributed by atoms with van der Waals surface area (Å²) in [4.78, 5) is 0. The van der Waals surface area contributed by atoms with Crippen LogP contribution in [0.5, 0.6) is 0 Å². The topological polar surface area (TPSA) is 26.0 Å². The Kier molecular flexibility index (Phi) is 8.62. The summed E-state index contributed by atoms with van der Waals surface area (Å²) in [6, 6.07) is 0. The summed E-state index contributed by atoms with van der Waals surface area (Å²) >= 11 is 0. The zero-order valence-corrected chi connectivity index (χ0v) is 17.3. The number of hydrogen-bond acceptors (Lipinski definition) is 1. The van der Waals surface area contributed by atoms with Gasteiger partial charge in [0, 0.05) is 0 Å². The van der Waals surface area contributed by atoms with Crippen molar-refractivity contribution >= 4 is 0 Å². The lowest BCUT2D eigenvalue weighted by Gasteiger charge is -2.47. The number of hydrogen-bond donors (Lipinski definition) is 1. The molecule has 0 spiro atoms. The molecule has 0 aliphatic rings. The smallest absolute Gasteiger partial charge is 0.288 e. The van der Waals surface area contributed by atoms with E-state index in [0.717, 1.165) is 0 Å². The van der Waals surface area contributed by atoms with Crippen molar-refractivity contribution in [1.82, 2.24) is 0 Å². The second-order valence-electron chi connectivity index (χ2n) is 7.45. The van der Waals surface area contributed by atoms with E-state index in [2.05, 4.69) is 5.73 Å². The van der Waals surface area contributed by atoms with Crippen LogP contribution in [0.4, 0.5) is 119 Å².